The van der Waals surface area contributed by atoms with E-state index >= 15 is 0 Å². The lowest BCUT2D eigenvalue weighted by molar-refractivity contribution is 0.127. The summed E-state index contributed by atoms with van der Waals surface area (Å²) in [5, 5.41) is 0. The number of methoxy groups -OCH3 is 1. The molecule has 0 rings (SSSR count). The summed E-state index contributed by atoms with van der Waals surface area (Å²) in [4.78, 5) is 2.09. The molecule has 0 bridgehead atoms. The molecule has 0 heterocycles. The van der Waals surface area contributed by atoms with Crippen LogP contribution in [0.2, 0.25) is 0 Å². The van der Waals surface area contributed by atoms with Gasteiger partial charge in [-0.2, -0.15) is 0 Å². The Bertz CT molecular complexity index is 146. The molecule has 2 nitrogen and oxygen atoms in total. The maximum Gasteiger partial charge on any atom is 0.0764 e. The lowest BCUT2D eigenvalue weighted by Crippen LogP contribution is -2.41. The molecule has 64 valence electrons. The Balaban J connectivity index is 3.83. The number of hydrogen-bond donors (Lipinski definition) is 0. The van der Waals surface area contributed by atoms with E-state index in [1.807, 2.05) is 20.9 Å². The molecule has 0 saturated heterocycles. The Morgan fingerprint density at radius 3 is 2.45 bits per heavy atom. The van der Waals surface area contributed by atoms with Gasteiger partial charge in [0, 0.05) is 13.7 Å². The van der Waals surface area contributed by atoms with Gasteiger partial charge in [0.2, 0.25) is 0 Å². The maximum atomic E-state index is 5.35. The van der Waals surface area contributed by atoms with Crippen LogP contribution in [-0.4, -0.2) is 37.7 Å². The van der Waals surface area contributed by atoms with Crippen LogP contribution in [0.4, 0.5) is 0 Å². The van der Waals surface area contributed by atoms with Crippen LogP contribution in [0.5, 0.6) is 0 Å². The van der Waals surface area contributed by atoms with Gasteiger partial charge in [-0.25, -0.2) is 0 Å². The molecule has 0 saturated carbocycles. The van der Waals surface area contributed by atoms with E-state index in [2.05, 4.69) is 10.8 Å². The average Bonchev–Trinajstić information content (AvgIpc) is 2.00. The minimum atomic E-state index is -0.168. The molecular weight excluding hydrogens is 138 g/mol. The van der Waals surface area contributed by atoms with Gasteiger partial charge in [0.05, 0.1) is 12.1 Å². The molecule has 0 atom stereocenters. The number of nitrogens with zero attached hydrogens (tertiary/aromatic N) is 1. The van der Waals surface area contributed by atoms with Crippen molar-refractivity contribution in [1.82, 2.24) is 4.90 Å². The predicted molar refractivity (Wildman–Crippen MR) is 47.4 cm³/mol. The minimum Gasteiger partial charge on any atom is -0.383 e. The Hall–Kier alpha value is -0.520. The molecule has 0 spiro atoms. The van der Waals surface area contributed by atoms with Crippen molar-refractivity contribution in [3.63, 3.8) is 0 Å². The maximum absolute atomic E-state index is 5.35. The van der Waals surface area contributed by atoms with E-state index in [9.17, 15) is 0 Å². The third-order valence-corrected chi connectivity index (χ3v) is 1.94. The first-order valence-corrected chi connectivity index (χ1v) is 3.72. The highest BCUT2D eigenvalue weighted by Crippen LogP contribution is 2.08. The lowest BCUT2D eigenvalue weighted by Gasteiger charge is -2.30. The Morgan fingerprint density at radius 2 is 2.09 bits per heavy atom. The summed E-state index contributed by atoms with van der Waals surface area (Å²) in [6.07, 6.45) is 5.35. The first kappa shape index (κ1) is 10.5. The number of terminal acetylenes is 1. The number of hydrogen-bond acceptors (Lipinski definition) is 2. The van der Waals surface area contributed by atoms with Crippen molar-refractivity contribution in [2.45, 2.75) is 19.4 Å². The van der Waals surface area contributed by atoms with Gasteiger partial charge < -0.3 is 4.74 Å². The van der Waals surface area contributed by atoms with E-state index < -0.39 is 0 Å². The normalized spacial score (nSPS) is 11.6. The van der Waals surface area contributed by atoms with E-state index in [1.165, 1.54) is 0 Å². The van der Waals surface area contributed by atoms with E-state index in [4.69, 9.17) is 11.2 Å². The molecule has 0 aromatic rings. The van der Waals surface area contributed by atoms with E-state index in [-0.39, 0.29) is 5.54 Å². The summed E-state index contributed by atoms with van der Waals surface area (Å²) in [7, 11) is 3.69. The second-order valence-electron chi connectivity index (χ2n) is 3.12. The van der Waals surface area contributed by atoms with E-state index in [1.54, 1.807) is 7.11 Å². The average molecular weight is 155 g/mol. The minimum absolute atomic E-state index is 0.168. The summed E-state index contributed by atoms with van der Waals surface area (Å²) in [5.74, 6) is 2.72. The SMILES string of the molecule is C#CC(C)(C)N(C)CCOC. The predicted octanol–water partition coefficient (Wildman–Crippen LogP) is 0.976. The van der Waals surface area contributed by atoms with Gasteiger partial charge in [-0.05, 0) is 20.9 Å². The first-order valence-electron chi connectivity index (χ1n) is 3.72. The van der Waals surface area contributed by atoms with E-state index in [0.717, 1.165) is 13.2 Å². The zero-order valence-electron chi connectivity index (χ0n) is 7.85. The van der Waals surface area contributed by atoms with Crippen LogP contribution in [0.25, 0.3) is 0 Å². The molecule has 0 aromatic carbocycles. The molecule has 0 N–H and O–H groups in total. The summed E-state index contributed by atoms with van der Waals surface area (Å²) in [6, 6.07) is 0. The quantitative estimate of drug-likeness (QED) is 0.561. The van der Waals surface area contributed by atoms with Crippen LogP contribution in [0.15, 0.2) is 0 Å². The Kier molecular flexibility index (Phi) is 4.17. The van der Waals surface area contributed by atoms with Gasteiger partial charge >= 0.3 is 0 Å². The van der Waals surface area contributed by atoms with Gasteiger partial charge in [-0.15, -0.1) is 6.42 Å². The number of likely N-dealkylation sites (N-methyl/N-ethyl adjacent to an activating group) is 1. The third kappa shape index (κ3) is 3.41. The third-order valence-electron chi connectivity index (χ3n) is 1.94. The summed E-state index contributed by atoms with van der Waals surface area (Å²) in [6.45, 7) is 5.63. The van der Waals surface area contributed by atoms with Crippen molar-refractivity contribution in [1.29, 1.82) is 0 Å². The number of ether oxygens (including phenoxy) is 1. The molecule has 0 fully saturated rings. The first-order chi connectivity index (χ1) is 5.04. The van der Waals surface area contributed by atoms with E-state index in [0.29, 0.717) is 0 Å². The summed E-state index contributed by atoms with van der Waals surface area (Å²) < 4.78 is 4.94. The highest BCUT2D eigenvalue weighted by molar-refractivity contribution is 5.07. The van der Waals surface area contributed by atoms with Crippen molar-refractivity contribution in [2.75, 3.05) is 27.3 Å². The van der Waals surface area contributed by atoms with Gasteiger partial charge in [0.25, 0.3) is 0 Å². The van der Waals surface area contributed by atoms with Crippen molar-refractivity contribution in [3.05, 3.63) is 0 Å². The molecule has 0 unspecified atom stereocenters. The van der Waals surface area contributed by atoms with Gasteiger partial charge in [0.1, 0.15) is 0 Å². The van der Waals surface area contributed by atoms with Crippen LogP contribution in [0, 0.1) is 12.3 Å². The molecule has 0 amide bonds. The second-order valence-corrected chi connectivity index (χ2v) is 3.12. The molecule has 0 aliphatic heterocycles. The lowest BCUT2D eigenvalue weighted by atomic mass is 10.1. The monoisotopic (exact) mass is 155 g/mol. The smallest absolute Gasteiger partial charge is 0.0764 e. The fourth-order valence-electron chi connectivity index (χ4n) is 0.618. The largest absolute Gasteiger partial charge is 0.383 e. The zero-order chi connectivity index (χ0) is 8.91. The van der Waals surface area contributed by atoms with Crippen LogP contribution in [-0.2, 0) is 4.74 Å². The fourth-order valence-corrected chi connectivity index (χ4v) is 0.618. The van der Waals surface area contributed by atoms with Crippen molar-refractivity contribution in [3.8, 4) is 12.3 Å². The zero-order valence-corrected chi connectivity index (χ0v) is 7.85. The molecular formula is C9H17NO. The van der Waals surface area contributed by atoms with Crippen LogP contribution >= 0.6 is 0 Å². The fraction of sp³-hybridized carbons (Fsp3) is 0.778. The number of rotatable bonds is 4. The molecule has 0 radical (unpaired) electrons. The van der Waals surface area contributed by atoms with Gasteiger partial charge in [-0.1, -0.05) is 5.92 Å². The van der Waals surface area contributed by atoms with Crippen LogP contribution in [0.3, 0.4) is 0 Å². The highest BCUT2D eigenvalue weighted by Gasteiger charge is 2.19. The molecule has 0 aliphatic rings. The van der Waals surface area contributed by atoms with Crippen molar-refractivity contribution >= 4 is 0 Å². The topological polar surface area (TPSA) is 12.5 Å². The molecule has 11 heavy (non-hydrogen) atoms. The second kappa shape index (κ2) is 4.38. The molecule has 0 aromatic heterocycles. The highest BCUT2D eigenvalue weighted by atomic mass is 16.5. The van der Waals surface area contributed by atoms with Crippen LogP contribution in [0.1, 0.15) is 13.8 Å². The summed E-state index contributed by atoms with van der Waals surface area (Å²) >= 11 is 0. The Morgan fingerprint density at radius 1 is 1.55 bits per heavy atom. The van der Waals surface area contributed by atoms with Crippen LogP contribution < -0.4 is 0 Å². The molecule has 2 heteroatoms. The Labute approximate surface area is 69.5 Å². The van der Waals surface area contributed by atoms with Crippen molar-refractivity contribution in [2.24, 2.45) is 0 Å². The van der Waals surface area contributed by atoms with Crippen molar-refractivity contribution < 1.29 is 4.74 Å². The summed E-state index contributed by atoms with van der Waals surface area (Å²) in [5.41, 5.74) is -0.168. The van der Waals surface area contributed by atoms with Gasteiger partial charge in [-0.3, -0.25) is 4.90 Å². The standard InChI is InChI=1S/C9H17NO/c1-6-9(2,3)10(4)7-8-11-5/h1H,7-8H2,2-5H3. The van der Waals surface area contributed by atoms with Gasteiger partial charge in [0.15, 0.2) is 0 Å². The molecule has 0 aliphatic carbocycles.